The first-order valence-electron chi connectivity index (χ1n) is 5.75. The maximum atomic E-state index is 4.40. The zero-order valence-corrected chi connectivity index (χ0v) is 9.40. The Balaban J connectivity index is 2.01. The lowest BCUT2D eigenvalue weighted by Crippen LogP contribution is -2.49. The van der Waals surface area contributed by atoms with Gasteiger partial charge < -0.3 is 15.2 Å². The quantitative estimate of drug-likeness (QED) is 0.756. The van der Waals surface area contributed by atoms with Crippen molar-refractivity contribution in [1.29, 1.82) is 0 Å². The lowest BCUT2D eigenvalue weighted by Gasteiger charge is -2.33. The highest BCUT2D eigenvalue weighted by Crippen LogP contribution is 2.24. The van der Waals surface area contributed by atoms with Gasteiger partial charge in [0.1, 0.15) is 5.52 Å². The molecule has 0 unspecified atom stereocenters. The highest BCUT2D eigenvalue weighted by molar-refractivity contribution is 5.88. The number of hydrogen-bond donors (Lipinski definition) is 2. The molecular weight excluding hydrogens is 200 g/mol. The fourth-order valence-corrected chi connectivity index (χ4v) is 2.36. The van der Waals surface area contributed by atoms with Gasteiger partial charge in [-0.15, -0.1) is 0 Å². The summed E-state index contributed by atoms with van der Waals surface area (Å²) < 4.78 is 0. The van der Waals surface area contributed by atoms with Crippen LogP contribution in [0.5, 0.6) is 0 Å². The minimum Gasteiger partial charge on any atom is -0.367 e. The summed E-state index contributed by atoms with van der Waals surface area (Å²) in [5.41, 5.74) is 3.44. The second-order valence-corrected chi connectivity index (χ2v) is 4.38. The summed E-state index contributed by atoms with van der Waals surface area (Å²) >= 11 is 0. The van der Waals surface area contributed by atoms with Crippen molar-refractivity contribution in [2.75, 3.05) is 24.5 Å². The van der Waals surface area contributed by atoms with Gasteiger partial charge in [-0.2, -0.15) is 0 Å². The summed E-state index contributed by atoms with van der Waals surface area (Å²) in [6.45, 7) is 5.36. The van der Waals surface area contributed by atoms with Crippen LogP contribution in [0.15, 0.2) is 24.5 Å². The van der Waals surface area contributed by atoms with Crippen LogP contribution in [0.1, 0.15) is 6.92 Å². The van der Waals surface area contributed by atoms with Crippen molar-refractivity contribution in [2.45, 2.75) is 13.0 Å². The Morgan fingerprint density at radius 2 is 2.38 bits per heavy atom. The average molecular weight is 216 g/mol. The van der Waals surface area contributed by atoms with Crippen LogP contribution in [-0.4, -0.2) is 35.6 Å². The van der Waals surface area contributed by atoms with E-state index in [1.54, 1.807) is 6.33 Å². The highest BCUT2D eigenvalue weighted by Gasteiger charge is 2.18. The molecule has 2 aromatic rings. The molecule has 1 aliphatic rings. The predicted molar refractivity (Wildman–Crippen MR) is 65.8 cm³/mol. The van der Waals surface area contributed by atoms with Crippen LogP contribution >= 0.6 is 0 Å². The third-order valence-electron chi connectivity index (χ3n) is 3.14. The number of fused-ring (bicyclic) bond motifs is 1. The van der Waals surface area contributed by atoms with E-state index in [2.05, 4.69) is 45.3 Å². The first kappa shape index (κ1) is 9.66. The van der Waals surface area contributed by atoms with E-state index in [4.69, 9.17) is 0 Å². The molecule has 1 aromatic heterocycles. The van der Waals surface area contributed by atoms with Crippen LogP contribution in [0.3, 0.4) is 0 Å². The van der Waals surface area contributed by atoms with Gasteiger partial charge in [0.2, 0.25) is 0 Å². The number of benzene rings is 1. The molecule has 1 aromatic carbocycles. The second-order valence-electron chi connectivity index (χ2n) is 4.38. The summed E-state index contributed by atoms with van der Waals surface area (Å²) in [6, 6.07) is 6.85. The Hall–Kier alpha value is -1.55. The van der Waals surface area contributed by atoms with Gasteiger partial charge in [0.05, 0.1) is 17.5 Å². The third-order valence-corrected chi connectivity index (χ3v) is 3.14. The van der Waals surface area contributed by atoms with Crippen LogP contribution in [0.4, 0.5) is 5.69 Å². The molecule has 1 aliphatic heterocycles. The normalized spacial score (nSPS) is 21.6. The number of para-hydroxylation sites is 1. The fraction of sp³-hybridized carbons (Fsp3) is 0.417. The molecule has 1 saturated heterocycles. The van der Waals surface area contributed by atoms with E-state index in [-0.39, 0.29) is 0 Å². The number of aromatic nitrogens is 2. The van der Waals surface area contributed by atoms with Crippen LogP contribution in [-0.2, 0) is 0 Å². The molecule has 3 rings (SSSR count). The molecule has 0 saturated carbocycles. The molecule has 0 spiro atoms. The van der Waals surface area contributed by atoms with Crippen LogP contribution in [0, 0.1) is 0 Å². The van der Waals surface area contributed by atoms with Crippen molar-refractivity contribution in [2.24, 2.45) is 0 Å². The molecule has 0 bridgehead atoms. The molecule has 2 N–H and O–H groups in total. The summed E-state index contributed by atoms with van der Waals surface area (Å²) in [5, 5.41) is 3.45. The maximum absolute atomic E-state index is 4.40. The van der Waals surface area contributed by atoms with Crippen molar-refractivity contribution in [3.8, 4) is 0 Å². The van der Waals surface area contributed by atoms with Crippen molar-refractivity contribution >= 4 is 16.7 Å². The van der Waals surface area contributed by atoms with Crippen LogP contribution < -0.4 is 10.2 Å². The number of H-pyrrole nitrogens is 1. The van der Waals surface area contributed by atoms with Gasteiger partial charge in [-0.1, -0.05) is 6.07 Å². The van der Waals surface area contributed by atoms with Gasteiger partial charge in [-0.05, 0) is 19.1 Å². The zero-order valence-electron chi connectivity index (χ0n) is 9.40. The minimum absolute atomic E-state index is 0.544. The second kappa shape index (κ2) is 3.79. The van der Waals surface area contributed by atoms with Crippen LogP contribution in [0.25, 0.3) is 11.0 Å². The molecule has 2 heterocycles. The molecule has 84 valence electrons. The molecular formula is C12H16N4. The maximum Gasteiger partial charge on any atom is 0.112 e. The molecule has 1 atom stereocenters. The highest BCUT2D eigenvalue weighted by atomic mass is 15.2. The Bertz CT molecular complexity index is 490. The molecule has 4 nitrogen and oxygen atoms in total. The molecule has 0 radical (unpaired) electrons. The van der Waals surface area contributed by atoms with E-state index >= 15 is 0 Å². The molecule has 0 amide bonds. The van der Waals surface area contributed by atoms with E-state index in [1.165, 1.54) is 5.69 Å². The SMILES string of the molecule is C[C@H]1CN(c2cccc3[nH]cnc23)CCN1. The number of anilines is 1. The van der Waals surface area contributed by atoms with E-state index in [1.807, 2.05) is 0 Å². The zero-order chi connectivity index (χ0) is 11.0. The molecule has 16 heavy (non-hydrogen) atoms. The van der Waals surface area contributed by atoms with Crippen molar-refractivity contribution in [1.82, 2.24) is 15.3 Å². The lowest BCUT2D eigenvalue weighted by atomic mass is 10.2. The van der Waals surface area contributed by atoms with Gasteiger partial charge in [0.15, 0.2) is 0 Å². The number of piperazine rings is 1. The Morgan fingerprint density at radius 1 is 1.44 bits per heavy atom. The van der Waals surface area contributed by atoms with E-state index in [0.29, 0.717) is 6.04 Å². The monoisotopic (exact) mass is 216 g/mol. The number of hydrogen-bond acceptors (Lipinski definition) is 3. The first-order chi connectivity index (χ1) is 7.84. The van der Waals surface area contributed by atoms with E-state index < -0.39 is 0 Å². The Labute approximate surface area is 94.7 Å². The number of nitrogens with zero attached hydrogens (tertiary/aromatic N) is 2. The van der Waals surface area contributed by atoms with E-state index in [0.717, 1.165) is 30.7 Å². The van der Waals surface area contributed by atoms with Crippen molar-refractivity contribution in [3.63, 3.8) is 0 Å². The van der Waals surface area contributed by atoms with Crippen LogP contribution in [0.2, 0.25) is 0 Å². The Kier molecular flexibility index (Phi) is 2.29. The predicted octanol–water partition coefficient (Wildman–Crippen LogP) is 1.36. The average Bonchev–Trinajstić information content (AvgIpc) is 2.76. The van der Waals surface area contributed by atoms with Gasteiger partial charge in [-0.25, -0.2) is 4.98 Å². The van der Waals surface area contributed by atoms with Crippen molar-refractivity contribution < 1.29 is 0 Å². The smallest absolute Gasteiger partial charge is 0.112 e. The number of nitrogens with one attached hydrogen (secondary N) is 2. The summed E-state index contributed by atoms with van der Waals surface area (Å²) in [6.07, 6.45) is 1.76. The fourth-order valence-electron chi connectivity index (χ4n) is 2.36. The Morgan fingerprint density at radius 3 is 3.25 bits per heavy atom. The minimum atomic E-state index is 0.544. The molecule has 1 fully saturated rings. The van der Waals surface area contributed by atoms with Crippen molar-refractivity contribution in [3.05, 3.63) is 24.5 Å². The third kappa shape index (κ3) is 1.55. The lowest BCUT2D eigenvalue weighted by molar-refractivity contribution is 0.485. The first-order valence-corrected chi connectivity index (χ1v) is 5.75. The largest absolute Gasteiger partial charge is 0.367 e. The molecule has 4 heteroatoms. The number of aromatic amines is 1. The summed E-state index contributed by atoms with van der Waals surface area (Å²) in [7, 11) is 0. The number of imidazole rings is 1. The molecule has 0 aliphatic carbocycles. The topological polar surface area (TPSA) is 44.0 Å². The van der Waals surface area contributed by atoms with Gasteiger partial charge in [-0.3, -0.25) is 0 Å². The standard InChI is InChI=1S/C12H16N4/c1-9-7-16(6-5-13-9)11-4-2-3-10-12(11)15-8-14-10/h2-4,8-9,13H,5-7H2,1H3,(H,14,15)/t9-/m0/s1. The van der Waals surface area contributed by atoms with Gasteiger partial charge in [0.25, 0.3) is 0 Å². The number of rotatable bonds is 1. The summed E-state index contributed by atoms with van der Waals surface area (Å²) in [4.78, 5) is 9.97. The van der Waals surface area contributed by atoms with Gasteiger partial charge in [0, 0.05) is 25.7 Å². The van der Waals surface area contributed by atoms with Gasteiger partial charge >= 0.3 is 0 Å². The summed E-state index contributed by atoms with van der Waals surface area (Å²) in [5.74, 6) is 0. The van der Waals surface area contributed by atoms with E-state index in [9.17, 15) is 0 Å².